The molecule has 172 valence electrons. The average Bonchev–Trinajstić information content (AvgIpc) is 2.86. The molecule has 0 heterocycles. The molecule has 4 aromatic rings. The second-order valence-electron chi connectivity index (χ2n) is 7.89. The minimum atomic E-state index is -1.43. The standard InChI is InChI=1S/C28H23Cl2NO2S/c29-26-17-13-21(19-27(26)30)12-16-24(32)18-20-10-14-23(15-11-20)31-34(33)28-9-5-4-8-25(28)22-6-2-1-3-7-22/h1-11,13-15,17,19,31H,12,16,18H2. The van der Waals surface area contributed by atoms with Gasteiger partial charge in [0, 0.05) is 18.5 Å². The van der Waals surface area contributed by atoms with Gasteiger partial charge in [-0.05, 0) is 59.0 Å². The van der Waals surface area contributed by atoms with E-state index in [1.807, 2.05) is 84.9 Å². The molecule has 0 aliphatic heterocycles. The number of benzene rings is 4. The van der Waals surface area contributed by atoms with E-state index in [1.165, 1.54) is 0 Å². The van der Waals surface area contributed by atoms with Crippen molar-refractivity contribution in [3.8, 4) is 11.1 Å². The van der Waals surface area contributed by atoms with E-state index in [1.54, 1.807) is 12.1 Å². The lowest BCUT2D eigenvalue weighted by atomic mass is 10.0. The van der Waals surface area contributed by atoms with Crippen molar-refractivity contribution in [2.24, 2.45) is 0 Å². The first-order valence-electron chi connectivity index (χ1n) is 10.9. The smallest absolute Gasteiger partial charge is 0.150 e. The predicted octanol–water partition coefficient (Wildman–Crippen LogP) is 7.54. The van der Waals surface area contributed by atoms with Gasteiger partial charge in [0.2, 0.25) is 0 Å². The van der Waals surface area contributed by atoms with E-state index in [4.69, 9.17) is 23.2 Å². The highest BCUT2D eigenvalue weighted by Gasteiger charge is 2.12. The summed E-state index contributed by atoms with van der Waals surface area (Å²) in [5.41, 5.74) is 4.58. The van der Waals surface area contributed by atoms with E-state index in [-0.39, 0.29) is 5.78 Å². The fourth-order valence-electron chi connectivity index (χ4n) is 3.63. The molecular formula is C28H23Cl2NO2S. The molecule has 0 aliphatic rings. The summed E-state index contributed by atoms with van der Waals surface area (Å²) in [4.78, 5) is 13.2. The highest BCUT2D eigenvalue weighted by Crippen LogP contribution is 2.27. The zero-order valence-electron chi connectivity index (χ0n) is 18.3. The highest BCUT2D eigenvalue weighted by molar-refractivity contribution is 7.86. The van der Waals surface area contributed by atoms with Crippen LogP contribution in [0.15, 0.2) is 102 Å². The maximum Gasteiger partial charge on any atom is 0.150 e. The average molecular weight is 508 g/mol. The van der Waals surface area contributed by atoms with Crippen molar-refractivity contribution in [1.29, 1.82) is 0 Å². The van der Waals surface area contributed by atoms with Crippen LogP contribution in [0.4, 0.5) is 5.69 Å². The van der Waals surface area contributed by atoms with Crippen LogP contribution in [0.3, 0.4) is 0 Å². The summed E-state index contributed by atoms with van der Waals surface area (Å²) in [5.74, 6) is 0.146. The number of halogens is 2. The van der Waals surface area contributed by atoms with Gasteiger partial charge in [-0.25, -0.2) is 4.21 Å². The molecule has 0 saturated heterocycles. The number of hydrogen-bond donors (Lipinski definition) is 1. The largest absolute Gasteiger partial charge is 0.301 e. The monoisotopic (exact) mass is 507 g/mol. The maximum absolute atomic E-state index is 13.1. The second kappa shape index (κ2) is 11.5. The van der Waals surface area contributed by atoms with Gasteiger partial charge in [-0.3, -0.25) is 4.79 Å². The molecule has 1 atom stereocenters. The zero-order valence-corrected chi connectivity index (χ0v) is 20.7. The van der Waals surface area contributed by atoms with Gasteiger partial charge >= 0.3 is 0 Å². The van der Waals surface area contributed by atoms with E-state index >= 15 is 0 Å². The van der Waals surface area contributed by atoms with Gasteiger partial charge in [0.1, 0.15) is 5.78 Å². The van der Waals surface area contributed by atoms with E-state index in [9.17, 15) is 9.00 Å². The van der Waals surface area contributed by atoms with Crippen molar-refractivity contribution in [1.82, 2.24) is 0 Å². The van der Waals surface area contributed by atoms with Gasteiger partial charge in [-0.15, -0.1) is 0 Å². The molecule has 0 spiro atoms. The summed E-state index contributed by atoms with van der Waals surface area (Å²) in [6.45, 7) is 0. The Morgan fingerprint density at radius 1 is 0.765 bits per heavy atom. The Hall–Kier alpha value is -2.92. The SMILES string of the molecule is O=C(CCc1ccc(Cl)c(Cl)c1)Cc1ccc(NS(=O)c2ccccc2-c2ccccc2)cc1. The first kappa shape index (κ1) is 24.2. The van der Waals surface area contributed by atoms with Crippen molar-refractivity contribution in [2.75, 3.05) is 4.72 Å². The Balaban J connectivity index is 1.35. The molecule has 0 radical (unpaired) electrons. The van der Waals surface area contributed by atoms with Crippen LogP contribution in [0.5, 0.6) is 0 Å². The molecule has 34 heavy (non-hydrogen) atoms. The number of anilines is 1. The fourth-order valence-corrected chi connectivity index (χ4v) is 5.00. The number of ketones is 1. The Morgan fingerprint density at radius 2 is 1.44 bits per heavy atom. The van der Waals surface area contributed by atoms with Gasteiger partial charge in [-0.2, -0.15) is 0 Å². The minimum Gasteiger partial charge on any atom is -0.301 e. The first-order valence-corrected chi connectivity index (χ1v) is 12.8. The normalized spacial score (nSPS) is 11.7. The predicted molar refractivity (Wildman–Crippen MR) is 142 cm³/mol. The number of hydrogen-bond acceptors (Lipinski definition) is 2. The molecule has 3 nitrogen and oxygen atoms in total. The lowest BCUT2D eigenvalue weighted by Gasteiger charge is -2.11. The van der Waals surface area contributed by atoms with Crippen molar-refractivity contribution >= 4 is 45.7 Å². The number of nitrogens with one attached hydrogen (secondary N) is 1. The summed E-state index contributed by atoms with van der Waals surface area (Å²) >= 11 is 12.0. The van der Waals surface area contributed by atoms with Crippen LogP contribution < -0.4 is 4.72 Å². The molecule has 0 bridgehead atoms. The number of aryl methyl sites for hydroxylation is 1. The summed E-state index contributed by atoms with van der Waals surface area (Å²) in [7, 11) is -1.43. The molecule has 0 saturated carbocycles. The number of carbonyl (C=O) groups excluding carboxylic acids is 1. The van der Waals surface area contributed by atoms with Gasteiger partial charge in [-0.1, -0.05) is 89.9 Å². The Kier molecular flexibility index (Phi) is 8.17. The van der Waals surface area contributed by atoms with Crippen molar-refractivity contribution in [3.05, 3.63) is 118 Å². The first-order chi connectivity index (χ1) is 16.5. The molecule has 1 unspecified atom stereocenters. The lowest BCUT2D eigenvalue weighted by molar-refractivity contribution is -0.118. The van der Waals surface area contributed by atoms with Crippen LogP contribution in [-0.2, 0) is 28.6 Å². The molecule has 0 amide bonds. The second-order valence-corrected chi connectivity index (χ2v) is 9.89. The summed E-state index contributed by atoms with van der Waals surface area (Å²) < 4.78 is 16.1. The Bertz CT molecular complexity index is 1310. The molecule has 0 fully saturated rings. The Morgan fingerprint density at radius 3 is 2.18 bits per heavy atom. The van der Waals surface area contributed by atoms with E-state index < -0.39 is 11.0 Å². The molecular weight excluding hydrogens is 485 g/mol. The van der Waals surface area contributed by atoms with Crippen LogP contribution in [0.1, 0.15) is 17.5 Å². The van der Waals surface area contributed by atoms with Crippen LogP contribution >= 0.6 is 23.2 Å². The van der Waals surface area contributed by atoms with Gasteiger partial charge < -0.3 is 4.72 Å². The van der Waals surface area contributed by atoms with E-state index in [0.717, 1.165) is 32.8 Å². The van der Waals surface area contributed by atoms with Crippen molar-refractivity contribution in [2.45, 2.75) is 24.2 Å². The van der Waals surface area contributed by atoms with Gasteiger partial charge in [0.05, 0.1) is 14.9 Å². The molecule has 4 aromatic carbocycles. The van der Waals surface area contributed by atoms with Crippen LogP contribution in [0, 0.1) is 0 Å². The third kappa shape index (κ3) is 6.35. The molecule has 6 heteroatoms. The number of Topliss-reactive ketones (excluding diaryl/α,β-unsaturated/α-hetero) is 1. The molecule has 0 aliphatic carbocycles. The lowest BCUT2D eigenvalue weighted by Crippen LogP contribution is -2.07. The number of rotatable bonds is 9. The topological polar surface area (TPSA) is 46.2 Å². The molecule has 1 N–H and O–H groups in total. The van der Waals surface area contributed by atoms with Crippen LogP contribution in [0.25, 0.3) is 11.1 Å². The minimum absolute atomic E-state index is 0.146. The van der Waals surface area contributed by atoms with Crippen molar-refractivity contribution in [3.63, 3.8) is 0 Å². The van der Waals surface area contributed by atoms with Crippen LogP contribution in [0.2, 0.25) is 10.0 Å². The maximum atomic E-state index is 13.1. The summed E-state index contributed by atoms with van der Waals surface area (Å²) in [6, 6.07) is 30.5. The molecule has 4 rings (SSSR count). The van der Waals surface area contributed by atoms with E-state index in [0.29, 0.717) is 29.3 Å². The fraction of sp³-hybridized carbons (Fsp3) is 0.107. The van der Waals surface area contributed by atoms with Gasteiger partial charge in [0.25, 0.3) is 0 Å². The van der Waals surface area contributed by atoms with Crippen LogP contribution in [-0.4, -0.2) is 9.99 Å². The van der Waals surface area contributed by atoms with Crippen molar-refractivity contribution < 1.29 is 9.00 Å². The Labute approximate surface area is 212 Å². The quantitative estimate of drug-likeness (QED) is 0.254. The zero-order chi connectivity index (χ0) is 23.9. The van der Waals surface area contributed by atoms with Gasteiger partial charge in [0.15, 0.2) is 11.0 Å². The molecule has 0 aromatic heterocycles. The highest BCUT2D eigenvalue weighted by atomic mass is 35.5. The summed E-state index contributed by atoms with van der Waals surface area (Å²) in [6.07, 6.45) is 1.40. The third-order valence-electron chi connectivity index (χ3n) is 5.41. The van der Waals surface area contributed by atoms with E-state index in [2.05, 4.69) is 4.72 Å². The number of carbonyl (C=O) groups is 1. The third-order valence-corrected chi connectivity index (χ3v) is 7.33. The summed E-state index contributed by atoms with van der Waals surface area (Å²) in [5, 5.41) is 1.01.